The fraction of sp³-hybridized carbons (Fsp3) is 0.391. The molecule has 2 rings (SSSR count). The standard InChI is InChI=1S/C23H29FO/c1-16(2)13-17-7-9-20(18(14-17)11-12-23(3,4)5)21-15-19(25-6)8-10-22(21)24/h7-12,14-16H,13H2,1-6H3/b12-11+. The normalized spacial score (nSPS) is 12.2. The van der Waals surface area contributed by atoms with Gasteiger partial charge < -0.3 is 4.74 Å². The summed E-state index contributed by atoms with van der Waals surface area (Å²) in [6, 6.07) is 11.2. The molecule has 0 N–H and O–H groups in total. The second-order valence-corrected chi connectivity index (χ2v) is 8.06. The molecule has 134 valence electrons. The van der Waals surface area contributed by atoms with Crippen molar-refractivity contribution in [3.05, 3.63) is 59.4 Å². The lowest BCUT2D eigenvalue weighted by Crippen LogP contribution is -2.00. The van der Waals surface area contributed by atoms with E-state index < -0.39 is 0 Å². The summed E-state index contributed by atoms with van der Waals surface area (Å²) in [5.41, 5.74) is 3.85. The molecule has 0 atom stereocenters. The molecule has 1 nitrogen and oxygen atoms in total. The van der Waals surface area contributed by atoms with Crippen LogP contribution < -0.4 is 4.74 Å². The van der Waals surface area contributed by atoms with Crippen LogP contribution in [-0.2, 0) is 6.42 Å². The Bertz CT molecular complexity index is 751. The molecule has 0 bridgehead atoms. The van der Waals surface area contributed by atoms with Gasteiger partial charge in [0.2, 0.25) is 0 Å². The van der Waals surface area contributed by atoms with Gasteiger partial charge in [0.25, 0.3) is 0 Å². The number of methoxy groups -OCH3 is 1. The molecule has 0 aromatic heterocycles. The van der Waals surface area contributed by atoms with Gasteiger partial charge >= 0.3 is 0 Å². The van der Waals surface area contributed by atoms with E-state index in [2.05, 4.69) is 58.9 Å². The van der Waals surface area contributed by atoms with Gasteiger partial charge in [-0.05, 0) is 52.6 Å². The van der Waals surface area contributed by atoms with Gasteiger partial charge in [0.15, 0.2) is 0 Å². The average Bonchev–Trinajstić information content (AvgIpc) is 2.52. The van der Waals surface area contributed by atoms with E-state index in [1.807, 2.05) is 6.07 Å². The van der Waals surface area contributed by atoms with Gasteiger partial charge in [0.1, 0.15) is 11.6 Å². The second kappa shape index (κ2) is 7.86. The number of hydrogen-bond donors (Lipinski definition) is 0. The fourth-order valence-corrected chi connectivity index (χ4v) is 2.77. The monoisotopic (exact) mass is 340 g/mol. The van der Waals surface area contributed by atoms with E-state index in [-0.39, 0.29) is 11.2 Å². The minimum Gasteiger partial charge on any atom is -0.497 e. The van der Waals surface area contributed by atoms with E-state index in [1.54, 1.807) is 19.2 Å². The molecule has 0 saturated carbocycles. The largest absolute Gasteiger partial charge is 0.497 e. The highest BCUT2D eigenvalue weighted by molar-refractivity contribution is 5.77. The van der Waals surface area contributed by atoms with Crippen LogP contribution in [-0.4, -0.2) is 7.11 Å². The topological polar surface area (TPSA) is 9.23 Å². The van der Waals surface area contributed by atoms with Gasteiger partial charge in [-0.1, -0.05) is 65.0 Å². The van der Waals surface area contributed by atoms with Crippen molar-refractivity contribution < 1.29 is 9.13 Å². The molecule has 0 aliphatic heterocycles. The van der Waals surface area contributed by atoms with Gasteiger partial charge in [0.05, 0.1) is 7.11 Å². The number of allylic oxidation sites excluding steroid dienone is 1. The molecule has 0 aliphatic rings. The smallest absolute Gasteiger partial charge is 0.131 e. The minimum absolute atomic E-state index is 0.0677. The Labute approximate surface area is 151 Å². The molecule has 0 heterocycles. The molecule has 0 saturated heterocycles. The van der Waals surface area contributed by atoms with E-state index in [4.69, 9.17) is 4.74 Å². The predicted molar refractivity (Wildman–Crippen MR) is 105 cm³/mol. The maximum atomic E-state index is 14.5. The summed E-state index contributed by atoms with van der Waals surface area (Å²) in [6.45, 7) is 10.9. The van der Waals surface area contributed by atoms with Crippen LogP contribution in [0.1, 0.15) is 45.7 Å². The van der Waals surface area contributed by atoms with Crippen molar-refractivity contribution in [1.29, 1.82) is 0 Å². The Balaban J connectivity index is 2.58. The maximum Gasteiger partial charge on any atom is 0.131 e. The second-order valence-electron chi connectivity index (χ2n) is 8.06. The summed E-state index contributed by atoms with van der Waals surface area (Å²) in [5, 5.41) is 0. The first-order chi connectivity index (χ1) is 11.7. The van der Waals surface area contributed by atoms with Gasteiger partial charge in [-0.15, -0.1) is 0 Å². The third kappa shape index (κ3) is 5.45. The van der Waals surface area contributed by atoms with Crippen LogP contribution in [0.5, 0.6) is 5.75 Å². The third-order valence-corrected chi connectivity index (χ3v) is 3.99. The summed E-state index contributed by atoms with van der Waals surface area (Å²) < 4.78 is 19.8. The van der Waals surface area contributed by atoms with E-state index in [0.29, 0.717) is 17.2 Å². The summed E-state index contributed by atoms with van der Waals surface area (Å²) in [5.74, 6) is 1.01. The maximum absolute atomic E-state index is 14.5. The molecular weight excluding hydrogens is 311 g/mol. The van der Waals surface area contributed by atoms with E-state index in [0.717, 1.165) is 17.5 Å². The zero-order valence-electron chi connectivity index (χ0n) is 16.2. The molecule has 0 aliphatic carbocycles. The number of ether oxygens (including phenoxy) is 1. The first kappa shape index (κ1) is 19.2. The van der Waals surface area contributed by atoms with Crippen molar-refractivity contribution in [2.24, 2.45) is 11.3 Å². The lowest BCUT2D eigenvalue weighted by Gasteiger charge is -2.15. The molecular formula is C23H29FO. The minimum atomic E-state index is -0.234. The summed E-state index contributed by atoms with van der Waals surface area (Å²) in [4.78, 5) is 0. The van der Waals surface area contributed by atoms with E-state index in [1.165, 1.54) is 11.6 Å². The summed E-state index contributed by atoms with van der Waals surface area (Å²) >= 11 is 0. The zero-order valence-corrected chi connectivity index (χ0v) is 16.2. The molecule has 0 amide bonds. The van der Waals surface area contributed by atoms with Crippen molar-refractivity contribution in [3.63, 3.8) is 0 Å². The number of rotatable bonds is 5. The lowest BCUT2D eigenvalue weighted by atomic mass is 9.91. The number of hydrogen-bond acceptors (Lipinski definition) is 1. The number of halogens is 1. The Morgan fingerprint density at radius 1 is 1.04 bits per heavy atom. The highest BCUT2D eigenvalue weighted by Gasteiger charge is 2.12. The average molecular weight is 340 g/mol. The van der Waals surface area contributed by atoms with Gasteiger partial charge in [0, 0.05) is 5.56 Å². The van der Waals surface area contributed by atoms with Crippen LogP contribution in [0.25, 0.3) is 17.2 Å². The van der Waals surface area contributed by atoms with Crippen molar-refractivity contribution >= 4 is 6.08 Å². The van der Waals surface area contributed by atoms with Crippen LogP contribution in [0.4, 0.5) is 4.39 Å². The first-order valence-electron chi connectivity index (χ1n) is 8.85. The highest BCUT2D eigenvalue weighted by atomic mass is 19.1. The molecule has 2 aromatic rings. The van der Waals surface area contributed by atoms with E-state index in [9.17, 15) is 4.39 Å². The predicted octanol–water partition coefficient (Wildman–Crippen LogP) is 6.76. The molecule has 2 aromatic carbocycles. The Kier molecular flexibility index (Phi) is 6.05. The van der Waals surface area contributed by atoms with Crippen molar-refractivity contribution in [1.82, 2.24) is 0 Å². The van der Waals surface area contributed by atoms with Crippen LogP contribution in [0.2, 0.25) is 0 Å². The van der Waals surface area contributed by atoms with E-state index >= 15 is 0 Å². The molecule has 0 radical (unpaired) electrons. The molecule has 0 spiro atoms. The summed E-state index contributed by atoms with van der Waals surface area (Å²) in [7, 11) is 1.60. The quantitative estimate of drug-likeness (QED) is 0.584. The molecule has 0 unspecified atom stereocenters. The first-order valence-corrected chi connectivity index (χ1v) is 8.85. The van der Waals surface area contributed by atoms with Crippen molar-refractivity contribution in [3.8, 4) is 16.9 Å². The fourth-order valence-electron chi connectivity index (χ4n) is 2.77. The Morgan fingerprint density at radius 2 is 1.76 bits per heavy atom. The van der Waals surface area contributed by atoms with Gasteiger partial charge in [-0.2, -0.15) is 0 Å². The van der Waals surface area contributed by atoms with Crippen LogP contribution in [0, 0.1) is 17.2 Å². The van der Waals surface area contributed by atoms with Crippen molar-refractivity contribution in [2.45, 2.75) is 41.0 Å². The molecule has 0 fully saturated rings. The molecule has 25 heavy (non-hydrogen) atoms. The third-order valence-electron chi connectivity index (χ3n) is 3.99. The van der Waals surface area contributed by atoms with Crippen LogP contribution in [0.15, 0.2) is 42.5 Å². The van der Waals surface area contributed by atoms with Crippen molar-refractivity contribution in [2.75, 3.05) is 7.11 Å². The Hall–Kier alpha value is -2.09. The Morgan fingerprint density at radius 3 is 2.36 bits per heavy atom. The molecule has 2 heteroatoms. The van der Waals surface area contributed by atoms with Crippen LogP contribution in [0.3, 0.4) is 0 Å². The lowest BCUT2D eigenvalue weighted by molar-refractivity contribution is 0.414. The van der Waals surface area contributed by atoms with Gasteiger partial charge in [-0.3, -0.25) is 0 Å². The van der Waals surface area contributed by atoms with Gasteiger partial charge in [-0.25, -0.2) is 4.39 Å². The summed E-state index contributed by atoms with van der Waals surface area (Å²) in [6.07, 6.45) is 5.29. The van der Waals surface area contributed by atoms with Crippen LogP contribution >= 0.6 is 0 Å². The number of benzene rings is 2. The zero-order chi connectivity index (χ0) is 18.6. The SMILES string of the molecule is COc1ccc(F)c(-c2ccc(CC(C)C)cc2/C=C/C(C)(C)C)c1. The highest BCUT2D eigenvalue weighted by Crippen LogP contribution is 2.32.